The maximum atomic E-state index is 10.6. The van der Waals surface area contributed by atoms with Crippen molar-refractivity contribution in [3.05, 3.63) is 22.2 Å². The summed E-state index contributed by atoms with van der Waals surface area (Å²) in [5, 5.41) is 14.0. The van der Waals surface area contributed by atoms with E-state index in [4.69, 9.17) is 10.5 Å². The lowest BCUT2D eigenvalue weighted by atomic mass is 9.85. The largest absolute Gasteiger partial charge is 0.505 e. The number of nitrogen functional groups attached to an aromatic ring is 1. The van der Waals surface area contributed by atoms with Gasteiger partial charge in [-0.1, -0.05) is 15.9 Å². The van der Waals surface area contributed by atoms with Crippen LogP contribution < -0.4 is 11.1 Å². The number of piperazine rings is 1. The summed E-state index contributed by atoms with van der Waals surface area (Å²) in [7, 11) is 0. The van der Waals surface area contributed by atoms with Gasteiger partial charge in [-0.25, -0.2) is 0 Å². The minimum atomic E-state index is 0.184. The zero-order valence-electron chi connectivity index (χ0n) is 12.7. The highest BCUT2D eigenvalue weighted by Gasteiger charge is 2.34. The van der Waals surface area contributed by atoms with Crippen molar-refractivity contribution in [2.75, 3.05) is 45.1 Å². The van der Waals surface area contributed by atoms with Crippen molar-refractivity contribution in [1.29, 1.82) is 0 Å². The molecule has 2 heterocycles. The minimum absolute atomic E-state index is 0.184. The van der Waals surface area contributed by atoms with Crippen LogP contribution in [-0.2, 0) is 4.74 Å². The van der Waals surface area contributed by atoms with E-state index in [0.29, 0.717) is 11.6 Å². The first-order valence-corrected chi connectivity index (χ1v) is 8.77. The number of aromatic hydroxyl groups is 1. The molecule has 0 saturated carbocycles. The first-order chi connectivity index (χ1) is 10.7. The van der Waals surface area contributed by atoms with Crippen LogP contribution in [0.15, 0.2) is 16.6 Å². The molecular formula is C16H24BrN3O2. The number of anilines is 1. The van der Waals surface area contributed by atoms with E-state index in [1.807, 2.05) is 6.07 Å². The highest BCUT2D eigenvalue weighted by atomic mass is 79.9. The Morgan fingerprint density at radius 2 is 1.95 bits per heavy atom. The first kappa shape index (κ1) is 16.1. The fourth-order valence-corrected chi connectivity index (χ4v) is 4.14. The number of nitrogens with zero attached hydrogens (tertiary/aromatic N) is 1. The Morgan fingerprint density at radius 3 is 2.64 bits per heavy atom. The number of nitrogens with two attached hydrogens (primary N) is 1. The molecule has 0 spiro atoms. The Kier molecular flexibility index (Phi) is 5.23. The van der Waals surface area contributed by atoms with Crippen LogP contribution in [0.4, 0.5) is 5.69 Å². The normalized spacial score (nSPS) is 22.6. The summed E-state index contributed by atoms with van der Waals surface area (Å²) in [5.41, 5.74) is 7.35. The molecule has 3 rings (SSSR count). The number of phenols is 1. The van der Waals surface area contributed by atoms with Gasteiger partial charge in [0.25, 0.3) is 0 Å². The summed E-state index contributed by atoms with van der Waals surface area (Å²) in [6, 6.07) is 3.88. The molecule has 0 bridgehead atoms. The van der Waals surface area contributed by atoms with Gasteiger partial charge >= 0.3 is 0 Å². The van der Waals surface area contributed by atoms with Gasteiger partial charge in [-0.15, -0.1) is 0 Å². The molecule has 0 radical (unpaired) electrons. The van der Waals surface area contributed by atoms with Gasteiger partial charge in [-0.3, -0.25) is 4.90 Å². The zero-order valence-corrected chi connectivity index (χ0v) is 14.3. The molecule has 6 heteroatoms. The standard InChI is InChI=1S/C16H24BrN3O2/c17-12-1-2-13(18)16(21)14(12)15(11-3-9-22-10-4-11)20-7-5-19-6-8-20/h1-2,11,15,19,21H,3-10,18H2/t15-/m0/s1. The second-order valence-electron chi connectivity index (χ2n) is 6.08. The van der Waals surface area contributed by atoms with E-state index in [1.165, 1.54) is 0 Å². The van der Waals surface area contributed by atoms with Crippen molar-refractivity contribution >= 4 is 21.6 Å². The number of hydrogen-bond acceptors (Lipinski definition) is 5. The number of phenolic OH excluding ortho intramolecular Hbond substituents is 1. The smallest absolute Gasteiger partial charge is 0.144 e. The van der Waals surface area contributed by atoms with Crippen molar-refractivity contribution in [3.8, 4) is 5.75 Å². The fraction of sp³-hybridized carbons (Fsp3) is 0.625. The maximum Gasteiger partial charge on any atom is 0.144 e. The number of halogens is 1. The monoisotopic (exact) mass is 369 g/mol. The number of rotatable bonds is 3. The third-order valence-electron chi connectivity index (χ3n) is 4.75. The van der Waals surface area contributed by atoms with E-state index in [1.54, 1.807) is 6.07 Å². The first-order valence-electron chi connectivity index (χ1n) is 7.98. The zero-order chi connectivity index (χ0) is 15.5. The molecule has 2 fully saturated rings. The van der Waals surface area contributed by atoms with Crippen molar-refractivity contribution in [2.24, 2.45) is 5.92 Å². The highest BCUT2D eigenvalue weighted by Crippen LogP contribution is 2.44. The van der Waals surface area contributed by atoms with Gasteiger partial charge in [-0.2, -0.15) is 0 Å². The molecule has 2 aliphatic rings. The predicted octanol–water partition coefficient (Wildman–Crippen LogP) is 2.11. The Bertz CT molecular complexity index is 496. The lowest BCUT2D eigenvalue weighted by molar-refractivity contribution is 0.0204. The highest BCUT2D eigenvalue weighted by molar-refractivity contribution is 9.10. The molecule has 0 aliphatic carbocycles. The van der Waals surface area contributed by atoms with E-state index in [2.05, 4.69) is 26.1 Å². The Labute approximate surface area is 139 Å². The summed E-state index contributed by atoms with van der Waals surface area (Å²) in [4.78, 5) is 2.48. The molecule has 4 N–H and O–H groups in total. The summed E-state index contributed by atoms with van der Waals surface area (Å²) < 4.78 is 6.47. The number of benzene rings is 1. The van der Waals surface area contributed by atoms with Crippen LogP contribution in [0.3, 0.4) is 0 Å². The van der Waals surface area contributed by atoms with Crippen LogP contribution in [0.5, 0.6) is 5.75 Å². The molecule has 5 nitrogen and oxygen atoms in total. The van der Waals surface area contributed by atoms with Crippen LogP contribution >= 0.6 is 15.9 Å². The minimum Gasteiger partial charge on any atom is -0.505 e. The molecule has 0 aromatic heterocycles. The quantitative estimate of drug-likeness (QED) is 0.562. The second-order valence-corrected chi connectivity index (χ2v) is 6.93. The van der Waals surface area contributed by atoms with Crippen molar-refractivity contribution in [1.82, 2.24) is 10.2 Å². The molecule has 122 valence electrons. The van der Waals surface area contributed by atoms with E-state index in [0.717, 1.165) is 62.3 Å². The topological polar surface area (TPSA) is 70.8 Å². The van der Waals surface area contributed by atoms with Gasteiger partial charge in [0.2, 0.25) is 0 Å². The number of hydrogen-bond donors (Lipinski definition) is 3. The number of ether oxygens (including phenoxy) is 1. The van der Waals surface area contributed by atoms with Crippen LogP contribution in [0.1, 0.15) is 24.4 Å². The Hall–Kier alpha value is -0.820. The lowest BCUT2D eigenvalue weighted by Crippen LogP contribution is -2.47. The maximum absolute atomic E-state index is 10.6. The van der Waals surface area contributed by atoms with Gasteiger partial charge in [-0.05, 0) is 30.9 Å². The predicted molar refractivity (Wildman–Crippen MR) is 90.9 cm³/mol. The number of nitrogens with one attached hydrogen (secondary N) is 1. The molecular weight excluding hydrogens is 346 g/mol. The molecule has 0 amide bonds. The van der Waals surface area contributed by atoms with E-state index in [9.17, 15) is 5.11 Å². The summed E-state index contributed by atoms with van der Waals surface area (Å²) >= 11 is 3.63. The molecule has 2 aliphatic heterocycles. The second kappa shape index (κ2) is 7.17. The Morgan fingerprint density at radius 1 is 1.27 bits per heavy atom. The summed E-state index contributed by atoms with van der Waals surface area (Å²) in [6.45, 7) is 5.55. The lowest BCUT2D eigenvalue weighted by Gasteiger charge is -2.41. The molecule has 1 aromatic rings. The molecule has 2 saturated heterocycles. The average molecular weight is 370 g/mol. The van der Waals surface area contributed by atoms with Gasteiger partial charge in [0, 0.05) is 55.5 Å². The molecule has 1 atom stereocenters. The third kappa shape index (κ3) is 3.25. The molecule has 1 aromatic carbocycles. The summed E-state index contributed by atoms with van der Waals surface area (Å²) in [6.07, 6.45) is 2.05. The molecule has 0 unspecified atom stereocenters. The fourth-order valence-electron chi connectivity index (χ4n) is 3.59. The third-order valence-corrected chi connectivity index (χ3v) is 5.44. The van der Waals surface area contributed by atoms with Crippen molar-refractivity contribution in [2.45, 2.75) is 18.9 Å². The average Bonchev–Trinajstić information content (AvgIpc) is 2.57. The van der Waals surface area contributed by atoms with Crippen molar-refractivity contribution in [3.63, 3.8) is 0 Å². The van der Waals surface area contributed by atoms with Crippen molar-refractivity contribution < 1.29 is 9.84 Å². The van der Waals surface area contributed by atoms with Crippen LogP contribution in [-0.4, -0.2) is 49.4 Å². The summed E-state index contributed by atoms with van der Waals surface area (Å²) in [5.74, 6) is 0.709. The van der Waals surface area contributed by atoms with Gasteiger partial charge < -0.3 is 20.9 Å². The van der Waals surface area contributed by atoms with E-state index < -0.39 is 0 Å². The Balaban J connectivity index is 1.98. The van der Waals surface area contributed by atoms with Gasteiger partial charge in [0.1, 0.15) is 5.75 Å². The molecule has 22 heavy (non-hydrogen) atoms. The van der Waals surface area contributed by atoms with Gasteiger partial charge in [0.15, 0.2) is 0 Å². The van der Waals surface area contributed by atoms with Crippen LogP contribution in [0.2, 0.25) is 0 Å². The van der Waals surface area contributed by atoms with E-state index >= 15 is 0 Å². The van der Waals surface area contributed by atoms with Crippen LogP contribution in [0, 0.1) is 5.92 Å². The van der Waals surface area contributed by atoms with Gasteiger partial charge in [0.05, 0.1) is 5.69 Å². The van der Waals surface area contributed by atoms with E-state index in [-0.39, 0.29) is 11.8 Å². The SMILES string of the molecule is Nc1ccc(Br)c([C@H](C2CCOCC2)N2CCNCC2)c1O. The van der Waals surface area contributed by atoms with Crippen LogP contribution in [0.25, 0.3) is 0 Å².